The van der Waals surface area contributed by atoms with E-state index < -0.39 is 12.0 Å². The molecule has 18 heavy (non-hydrogen) atoms. The van der Waals surface area contributed by atoms with Crippen molar-refractivity contribution in [3.63, 3.8) is 0 Å². The van der Waals surface area contributed by atoms with Crippen molar-refractivity contribution >= 4 is 11.6 Å². The Labute approximate surface area is 107 Å². The zero-order valence-corrected chi connectivity index (χ0v) is 10.8. The molecule has 0 heterocycles. The smallest absolute Gasteiger partial charge is 0.231 e. The van der Waals surface area contributed by atoms with Gasteiger partial charge in [0.05, 0.1) is 12.6 Å². The van der Waals surface area contributed by atoms with Crippen LogP contribution in [0.4, 0.5) is 5.69 Å². The standard InChI is InChI=1S/C13H21N3O2/c1-9(2)16(8-13(15)18)7-12(17)10-3-5-11(14)6-4-10/h3-6,9,12,17H,7-8,14H2,1-2H3,(H2,15,18). The van der Waals surface area contributed by atoms with Crippen LogP contribution in [0.3, 0.4) is 0 Å². The number of nitrogen functional groups attached to an aromatic ring is 1. The number of aliphatic hydroxyl groups is 1. The van der Waals surface area contributed by atoms with Gasteiger partial charge in [-0.3, -0.25) is 9.69 Å². The van der Waals surface area contributed by atoms with Gasteiger partial charge in [0.2, 0.25) is 5.91 Å². The van der Waals surface area contributed by atoms with E-state index in [-0.39, 0.29) is 12.6 Å². The van der Waals surface area contributed by atoms with Gasteiger partial charge >= 0.3 is 0 Å². The number of carbonyl (C=O) groups excluding carboxylic acids is 1. The Morgan fingerprint density at radius 1 is 1.33 bits per heavy atom. The summed E-state index contributed by atoms with van der Waals surface area (Å²) < 4.78 is 0. The molecule has 0 fully saturated rings. The molecule has 1 aromatic carbocycles. The van der Waals surface area contributed by atoms with E-state index in [1.807, 2.05) is 18.7 Å². The molecule has 0 radical (unpaired) electrons. The van der Waals surface area contributed by atoms with Crippen LogP contribution < -0.4 is 11.5 Å². The molecule has 0 saturated carbocycles. The van der Waals surface area contributed by atoms with Crippen molar-refractivity contribution in [1.82, 2.24) is 4.90 Å². The van der Waals surface area contributed by atoms with Crippen LogP contribution in [0.25, 0.3) is 0 Å². The molecule has 5 N–H and O–H groups in total. The molecule has 0 aliphatic heterocycles. The van der Waals surface area contributed by atoms with Crippen LogP contribution in [-0.2, 0) is 4.79 Å². The molecule has 1 amide bonds. The van der Waals surface area contributed by atoms with E-state index in [9.17, 15) is 9.90 Å². The van der Waals surface area contributed by atoms with Crippen LogP contribution in [0.5, 0.6) is 0 Å². The first kappa shape index (κ1) is 14.5. The molecule has 0 aliphatic carbocycles. The summed E-state index contributed by atoms with van der Waals surface area (Å²) in [6, 6.07) is 7.19. The van der Waals surface area contributed by atoms with Crippen LogP contribution >= 0.6 is 0 Å². The monoisotopic (exact) mass is 251 g/mol. The van der Waals surface area contributed by atoms with E-state index in [2.05, 4.69) is 0 Å². The fourth-order valence-electron chi connectivity index (χ4n) is 1.70. The molecule has 0 spiro atoms. The van der Waals surface area contributed by atoms with Gasteiger partial charge in [0.25, 0.3) is 0 Å². The maximum atomic E-state index is 11.0. The van der Waals surface area contributed by atoms with Gasteiger partial charge in [-0.25, -0.2) is 0 Å². The van der Waals surface area contributed by atoms with Crippen LogP contribution in [0.15, 0.2) is 24.3 Å². The molecule has 1 unspecified atom stereocenters. The fraction of sp³-hybridized carbons (Fsp3) is 0.462. The van der Waals surface area contributed by atoms with E-state index in [0.717, 1.165) is 5.56 Å². The van der Waals surface area contributed by atoms with Gasteiger partial charge in [0.15, 0.2) is 0 Å². The van der Waals surface area contributed by atoms with Crippen LogP contribution in [0.2, 0.25) is 0 Å². The van der Waals surface area contributed by atoms with E-state index in [4.69, 9.17) is 11.5 Å². The number of rotatable bonds is 6. The zero-order chi connectivity index (χ0) is 13.7. The largest absolute Gasteiger partial charge is 0.399 e. The second kappa shape index (κ2) is 6.37. The van der Waals surface area contributed by atoms with Gasteiger partial charge in [-0.15, -0.1) is 0 Å². The highest BCUT2D eigenvalue weighted by atomic mass is 16.3. The lowest BCUT2D eigenvalue weighted by Crippen LogP contribution is -2.40. The van der Waals surface area contributed by atoms with Gasteiger partial charge in [-0.1, -0.05) is 12.1 Å². The molecule has 5 heteroatoms. The Balaban J connectivity index is 2.68. The van der Waals surface area contributed by atoms with Gasteiger partial charge in [0.1, 0.15) is 0 Å². The number of nitrogens with zero attached hydrogens (tertiary/aromatic N) is 1. The molecule has 1 rings (SSSR count). The third kappa shape index (κ3) is 4.35. The number of carbonyl (C=O) groups is 1. The SMILES string of the molecule is CC(C)N(CC(N)=O)CC(O)c1ccc(N)cc1. The minimum Gasteiger partial charge on any atom is -0.399 e. The van der Waals surface area contributed by atoms with Gasteiger partial charge in [-0.2, -0.15) is 0 Å². The summed E-state index contributed by atoms with van der Waals surface area (Å²) in [4.78, 5) is 12.8. The van der Waals surface area contributed by atoms with Crippen molar-refractivity contribution in [2.45, 2.75) is 26.0 Å². The quantitative estimate of drug-likeness (QED) is 0.642. The third-order valence-electron chi connectivity index (χ3n) is 2.82. The van der Waals surface area contributed by atoms with E-state index >= 15 is 0 Å². The highest BCUT2D eigenvalue weighted by molar-refractivity contribution is 5.75. The zero-order valence-electron chi connectivity index (χ0n) is 10.8. The van der Waals surface area contributed by atoms with Gasteiger partial charge in [0, 0.05) is 18.3 Å². The van der Waals surface area contributed by atoms with Crippen LogP contribution in [-0.4, -0.2) is 35.0 Å². The number of aliphatic hydroxyl groups excluding tert-OH is 1. The first-order valence-corrected chi connectivity index (χ1v) is 5.96. The number of primary amides is 1. The lowest BCUT2D eigenvalue weighted by molar-refractivity contribution is -0.119. The second-order valence-corrected chi connectivity index (χ2v) is 4.67. The lowest BCUT2D eigenvalue weighted by atomic mass is 10.1. The average molecular weight is 251 g/mol. The van der Waals surface area contributed by atoms with Gasteiger partial charge < -0.3 is 16.6 Å². The van der Waals surface area contributed by atoms with Crippen molar-refractivity contribution in [3.8, 4) is 0 Å². The van der Waals surface area contributed by atoms with Crippen molar-refractivity contribution in [1.29, 1.82) is 0 Å². The number of benzene rings is 1. The summed E-state index contributed by atoms with van der Waals surface area (Å²) in [6.07, 6.45) is -0.660. The number of nitrogens with two attached hydrogens (primary N) is 2. The van der Waals surface area contributed by atoms with Crippen molar-refractivity contribution < 1.29 is 9.90 Å². The first-order chi connectivity index (χ1) is 8.40. The van der Waals surface area contributed by atoms with Crippen molar-refractivity contribution in [2.24, 2.45) is 5.73 Å². The minimum absolute atomic E-state index is 0.140. The fourth-order valence-corrected chi connectivity index (χ4v) is 1.70. The highest BCUT2D eigenvalue weighted by Crippen LogP contribution is 2.16. The predicted molar refractivity (Wildman–Crippen MR) is 71.7 cm³/mol. The number of anilines is 1. The first-order valence-electron chi connectivity index (χ1n) is 5.96. The Morgan fingerprint density at radius 3 is 2.33 bits per heavy atom. The molecule has 1 atom stereocenters. The van der Waals surface area contributed by atoms with E-state index in [0.29, 0.717) is 12.2 Å². The van der Waals surface area contributed by atoms with E-state index in [1.54, 1.807) is 24.3 Å². The molecular formula is C13H21N3O2. The van der Waals surface area contributed by atoms with E-state index in [1.165, 1.54) is 0 Å². The molecule has 100 valence electrons. The second-order valence-electron chi connectivity index (χ2n) is 4.67. The number of hydrogen-bond donors (Lipinski definition) is 3. The summed E-state index contributed by atoms with van der Waals surface area (Å²) >= 11 is 0. The normalized spacial score (nSPS) is 12.9. The molecular weight excluding hydrogens is 230 g/mol. The Hall–Kier alpha value is -1.59. The summed E-state index contributed by atoms with van der Waals surface area (Å²) in [6.45, 7) is 4.42. The Kier molecular flexibility index (Phi) is 5.12. The Morgan fingerprint density at radius 2 is 1.89 bits per heavy atom. The van der Waals surface area contributed by atoms with Crippen molar-refractivity contribution in [2.75, 3.05) is 18.8 Å². The maximum Gasteiger partial charge on any atom is 0.231 e. The number of hydrogen-bond acceptors (Lipinski definition) is 4. The third-order valence-corrected chi connectivity index (χ3v) is 2.82. The predicted octanol–water partition coefficient (Wildman–Crippen LogP) is 0.498. The van der Waals surface area contributed by atoms with Crippen LogP contribution in [0, 0.1) is 0 Å². The van der Waals surface area contributed by atoms with Crippen LogP contribution in [0.1, 0.15) is 25.5 Å². The van der Waals surface area contributed by atoms with Gasteiger partial charge in [-0.05, 0) is 31.5 Å². The average Bonchev–Trinajstić information content (AvgIpc) is 2.28. The summed E-state index contributed by atoms with van der Waals surface area (Å²) in [5.74, 6) is -0.395. The summed E-state index contributed by atoms with van der Waals surface area (Å²) in [7, 11) is 0. The number of amides is 1. The molecule has 0 saturated heterocycles. The molecule has 0 aromatic heterocycles. The van der Waals surface area contributed by atoms with Crippen molar-refractivity contribution in [3.05, 3.63) is 29.8 Å². The molecule has 0 aliphatic rings. The Bertz CT molecular complexity index is 390. The lowest BCUT2D eigenvalue weighted by Gasteiger charge is -2.27. The highest BCUT2D eigenvalue weighted by Gasteiger charge is 2.17. The summed E-state index contributed by atoms with van der Waals surface area (Å²) in [5, 5.41) is 10.1. The summed E-state index contributed by atoms with van der Waals surface area (Å²) in [5.41, 5.74) is 12.2. The maximum absolute atomic E-state index is 11.0. The molecule has 5 nitrogen and oxygen atoms in total. The topological polar surface area (TPSA) is 92.6 Å². The minimum atomic E-state index is -0.660. The molecule has 0 bridgehead atoms. The molecule has 1 aromatic rings.